The number of aliphatic hydroxyl groups excluding tert-OH is 1. The van der Waals surface area contributed by atoms with Gasteiger partial charge < -0.3 is 10.0 Å². The largest absolute Gasteiger partial charge is 0.395 e. The lowest BCUT2D eigenvalue weighted by Gasteiger charge is -2.35. The van der Waals surface area contributed by atoms with Gasteiger partial charge in [0.15, 0.2) is 4.98 Å². The highest BCUT2D eigenvalue weighted by Gasteiger charge is 2.17. The number of benzene rings is 1. The summed E-state index contributed by atoms with van der Waals surface area (Å²) in [5.41, 5.74) is 1.73. The van der Waals surface area contributed by atoms with Crippen LogP contribution in [0.3, 0.4) is 0 Å². The predicted octanol–water partition coefficient (Wildman–Crippen LogP) is 1.29. The fourth-order valence-electron chi connectivity index (χ4n) is 2.10. The van der Waals surface area contributed by atoms with Gasteiger partial charge in [0, 0.05) is 50.5 Å². The number of piperazine rings is 1. The number of rotatable bonds is 3. The van der Waals surface area contributed by atoms with E-state index in [9.17, 15) is 0 Å². The number of anilines is 1. The molecule has 2 rings (SSSR count). The van der Waals surface area contributed by atoms with Crippen molar-refractivity contribution in [1.29, 1.82) is 5.39 Å². The highest BCUT2D eigenvalue weighted by molar-refractivity contribution is 5.55. The van der Waals surface area contributed by atoms with Crippen LogP contribution >= 0.6 is 0 Å². The number of hydrogen-bond acceptors (Lipinski definition) is 4. The van der Waals surface area contributed by atoms with E-state index in [1.165, 1.54) is 0 Å². The second kappa shape index (κ2) is 5.62. The van der Waals surface area contributed by atoms with E-state index in [2.05, 4.69) is 14.8 Å². The van der Waals surface area contributed by atoms with Gasteiger partial charge in [-0.15, -0.1) is 0 Å². The molecule has 0 amide bonds. The van der Waals surface area contributed by atoms with E-state index >= 15 is 0 Å². The summed E-state index contributed by atoms with van der Waals surface area (Å²) >= 11 is 0. The zero-order chi connectivity index (χ0) is 12.1. The molecule has 0 bridgehead atoms. The van der Waals surface area contributed by atoms with E-state index in [-0.39, 0.29) is 6.61 Å². The van der Waals surface area contributed by atoms with Crippen molar-refractivity contribution in [1.82, 2.24) is 4.90 Å². The van der Waals surface area contributed by atoms with Gasteiger partial charge in [-0.2, -0.15) is 0 Å². The van der Waals surface area contributed by atoms with Crippen molar-refractivity contribution in [2.24, 2.45) is 0 Å². The maximum atomic E-state index is 8.87. The van der Waals surface area contributed by atoms with Crippen LogP contribution in [0.1, 0.15) is 0 Å². The van der Waals surface area contributed by atoms with Crippen LogP contribution in [0, 0.1) is 5.39 Å². The Morgan fingerprint density at radius 2 is 1.76 bits per heavy atom. The molecule has 0 unspecified atom stereocenters. The molecule has 1 aromatic carbocycles. The number of diazo groups is 1. The van der Waals surface area contributed by atoms with E-state index in [4.69, 9.17) is 10.5 Å². The number of β-amino-alcohol motifs (C(OH)–C–C–N with tert-alkyl or cyclic N) is 1. The van der Waals surface area contributed by atoms with Crippen LogP contribution in [0.2, 0.25) is 0 Å². The summed E-state index contributed by atoms with van der Waals surface area (Å²) in [5, 5.41) is 17.5. The molecule has 1 aliphatic rings. The molecule has 1 heterocycles. The Kier molecular flexibility index (Phi) is 3.91. The fraction of sp³-hybridized carbons (Fsp3) is 0.500. The van der Waals surface area contributed by atoms with Gasteiger partial charge >= 0.3 is 5.69 Å². The lowest BCUT2D eigenvalue weighted by Crippen LogP contribution is -2.47. The smallest absolute Gasteiger partial charge is 0.385 e. The van der Waals surface area contributed by atoms with Crippen LogP contribution in [0.4, 0.5) is 11.4 Å². The molecule has 5 heteroatoms. The van der Waals surface area contributed by atoms with Crippen LogP contribution in [0.25, 0.3) is 4.98 Å². The molecule has 0 saturated carbocycles. The molecular weight excluding hydrogens is 216 g/mol. The highest BCUT2D eigenvalue weighted by Crippen LogP contribution is 2.20. The lowest BCUT2D eigenvalue weighted by molar-refractivity contribution is 0.189. The summed E-state index contributed by atoms with van der Waals surface area (Å²) < 4.78 is 0. The Hall–Kier alpha value is -1.64. The minimum atomic E-state index is 0.229. The van der Waals surface area contributed by atoms with Gasteiger partial charge in [-0.3, -0.25) is 4.90 Å². The maximum absolute atomic E-state index is 8.87. The van der Waals surface area contributed by atoms with Gasteiger partial charge in [-0.05, 0) is 12.1 Å². The molecule has 17 heavy (non-hydrogen) atoms. The maximum Gasteiger partial charge on any atom is 0.385 e. The molecule has 1 N–H and O–H groups in total. The first-order chi connectivity index (χ1) is 8.33. The van der Waals surface area contributed by atoms with E-state index in [0.717, 1.165) is 38.4 Å². The minimum Gasteiger partial charge on any atom is -0.395 e. The third-order valence-corrected chi connectivity index (χ3v) is 3.12. The monoisotopic (exact) mass is 233 g/mol. The average molecular weight is 233 g/mol. The third kappa shape index (κ3) is 2.93. The van der Waals surface area contributed by atoms with E-state index in [1.54, 1.807) is 12.1 Å². The molecule has 0 aromatic heterocycles. The summed E-state index contributed by atoms with van der Waals surface area (Å²) in [7, 11) is 0. The SMILES string of the molecule is N#[N+]c1ccc(N2CCN(CCO)CC2)cc1. The van der Waals surface area contributed by atoms with Crippen molar-refractivity contribution in [3.8, 4) is 0 Å². The standard InChI is InChI=1S/C12H17N4O/c13-14-11-1-3-12(4-2-11)16-7-5-15(6-8-16)9-10-17/h1-4,17H,5-10H2/q+1. The van der Waals surface area contributed by atoms with Crippen LogP contribution in [0.15, 0.2) is 24.3 Å². The fourth-order valence-corrected chi connectivity index (χ4v) is 2.10. The Labute approximate surface area is 101 Å². The Balaban J connectivity index is 1.94. The lowest BCUT2D eigenvalue weighted by atomic mass is 10.2. The zero-order valence-corrected chi connectivity index (χ0v) is 9.79. The first-order valence-corrected chi connectivity index (χ1v) is 5.87. The Morgan fingerprint density at radius 1 is 1.12 bits per heavy atom. The van der Waals surface area contributed by atoms with Gasteiger partial charge in [0.25, 0.3) is 0 Å². The molecule has 1 fully saturated rings. The van der Waals surface area contributed by atoms with Gasteiger partial charge in [0.1, 0.15) is 0 Å². The molecule has 5 nitrogen and oxygen atoms in total. The van der Waals surface area contributed by atoms with Crippen LogP contribution in [-0.2, 0) is 0 Å². The van der Waals surface area contributed by atoms with E-state index < -0.39 is 0 Å². The molecule has 1 aliphatic heterocycles. The Bertz CT molecular complexity index is 390. The normalized spacial score (nSPS) is 16.8. The summed E-state index contributed by atoms with van der Waals surface area (Å²) in [5.74, 6) is 0. The van der Waals surface area contributed by atoms with Crippen molar-refractivity contribution in [2.45, 2.75) is 0 Å². The highest BCUT2D eigenvalue weighted by atomic mass is 16.3. The molecule has 0 radical (unpaired) electrons. The number of nitrogens with zero attached hydrogens (tertiary/aromatic N) is 4. The van der Waals surface area contributed by atoms with Crippen LogP contribution in [0.5, 0.6) is 0 Å². The molecule has 1 aromatic rings. The summed E-state index contributed by atoms with van der Waals surface area (Å²) in [6.07, 6.45) is 0. The van der Waals surface area contributed by atoms with Gasteiger partial charge in [0.2, 0.25) is 5.39 Å². The van der Waals surface area contributed by atoms with Gasteiger partial charge in [-0.1, -0.05) is 0 Å². The first kappa shape index (κ1) is 11.8. The Morgan fingerprint density at radius 3 is 2.29 bits per heavy atom. The molecule has 90 valence electrons. The summed E-state index contributed by atoms with van der Waals surface area (Å²) in [6, 6.07) is 7.54. The predicted molar refractivity (Wildman–Crippen MR) is 66.9 cm³/mol. The molecule has 1 saturated heterocycles. The molecule has 0 atom stereocenters. The van der Waals surface area contributed by atoms with Gasteiger partial charge in [0.05, 0.1) is 6.61 Å². The molecule has 0 aliphatic carbocycles. The average Bonchev–Trinajstić information content (AvgIpc) is 2.40. The molecular formula is C12H17N4O+. The number of aliphatic hydroxyl groups is 1. The number of hydrogen-bond donors (Lipinski definition) is 1. The quantitative estimate of drug-likeness (QED) is 0.799. The van der Waals surface area contributed by atoms with Crippen molar-refractivity contribution >= 4 is 11.4 Å². The van der Waals surface area contributed by atoms with Gasteiger partial charge in [-0.25, -0.2) is 0 Å². The van der Waals surface area contributed by atoms with Crippen molar-refractivity contribution < 1.29 is 5.11 Å². The zero-order valence-electron chi connectivity index (χ0n) is 9.79. The van der Waals surface area contributed by atoms with Crippen molar-refractivity contribution in [2.75, 3.05) is 44.2 Å². The van der Waals surface area contributed by atoms with E-state index in [0.29, 0.717) is 5.69 Å². The van der Waals surface area contributed by atoms with Crippen LogP contribution < -0.4 is 4.90 Å². The third-order valence-electron chi connectivity index (χ3n) is 3.12. The topological polar surface area (TPSA) is 54.9 Å². The first-order valence-electron chi connectivity index (χ1n) is 5.87. The molecule has 0 spiro atoms. The summed E-state index contributed by atoms with van der Waals surface area (Å²) in [6.45, 7) is 4.88. The van der Waals surface area contributed by atoms with Crippen molar-refractivity contribution in [3.05, 3.63) is 29.2 Å². The minimum absolute atomic E-state index is 0.229. The van der Waals surface area contributed by atoms with E-state index in [1.807, 2.05) is 12.1 Å². The summed E-state index contributed by atoms with van der Waals surface area (Å²) in [4.78, 5) is 7.70. The van der Waals surface area contributed by atoms with Crippen molar-refractivity contribution in [3.63, 3.8) is 0 Å². The van der Waals surface area contributed by atoms with Crippen LogP contribution in [-0.4, -0.2) is 49.3 Å². The second-order valence-electron chi connectivity index (χ2n) is 4.17. The second-order valence-corrected chi connectivity index (χ2v) is 4.17.